The Bertz CT molecular complexity index is 3390. The minimum Gasteiger partial charge on any atom is -0.507 e. The van der Waals surface area contributed by atoms with Crippen molar-refractivity contribution >= 4 is 11.0 Å². The van der Waals surface area contributed by atoms with E-state index in [1.54, 1.807) is 18.2 Å². The summed E-state index contributed by atoms with van der Waals surface area (Å²) in [7, 11) is 0. The molecule has 8 aromatic rings. The number of pyridine rings is 1. The summed E-state index contributed by atoms with van der Waals surface area (Å²) in [5, 5.41) is 12.2. The first kappa shape index (κ1) is 25.9. The predicted molar refractivity (Wildman–Crippen MR) is 244 cm³/mol. The summed E-state index contributed by atoms with van der Waals surface area (Å²) < 4.78 is 113. The molecule has 0 fully saturated rings. The van der Waals surface area contributed by atoms with Crippen molar-refractivity contribution in [1.82, 2.24) is 14.5 Å². The molecule has 0 aliphatic carbocycles. The van der Waals surface area contributed by atoms with Crippen LogP contribution in [-0.4, -0.2) is 19.6 Å². The maximum atomic E-state index is 12.2. The fourth-order valence-corrected chi connectivity index (χ4v) is 7.31. The largest absolute Gasteiger partial charge is 0.507 e. The van der Waals surface area contributed by atoms with E-state index in [-0.39, 0.29) is 28.8 Å². The first-order chi connectivity index (χ1) is 33.1. The van der Waals surface area contributed by atoms with Crippen molar-refractivity contribution in [2.75, 3.05) is 0 Å². The smallest absolute Gasteiger partial charge is 0.149 e. The van der Waals surface area contributed by atoms with Crippen LogP contribution in [0.15, 0.2) is 139 Å². The number of rotatable bonds is 8. The number of para-hydroxylation sites is 1. The lowest BCUT2D eigenvalue weighted by Crippen LogP contribution is -2.11. The van der Waals surface area contributed by atoms with Crippen molar-refractivity contribution in [1.29, 1.82) is 0 Å². The second-order valence-corrected chi connectivity index (χ2v) is 16.4. The van der Waals surface area contributed by atoms with Crippen LogP contribution in [0.25, 0.3) is 72.7 Å². The average molecular weight is 773 g/mol. The Balaban J connectivity index is 1.46. The van der Waals surface area contributed by atoms with Crippen LogP contribution in [0, 0.1) is 13.7 Å². The van der Waals surface area contributed by atoms with Crippen LogP contribution >= 0.6 is 0 Å². The molecule has 58 heavy (non-hydrogen) atoms. The Labute approximate surface area is 362 Å². The number of aromatic nitrogens is 3. The van der Waals surface area contributed by atoms with Crippen LogP contribution in [0.4, 0.5) is 0 Å². The number of phenolic OH excluding ortho intramolecular Hbond substituents is 1. The molecule has 0 spiro atoms. The quantitative estimate of drug-likeness (QED) is 0.167. The molecule has 290 valence electrons. The van der Waals surface area contributed by atoms with Gasteiger partial charge in [-0.25, -0.2) is 4.98 Å². The number of phenols is 1. The average Bonchev–Trinajstić information content (AvgIpc) is 3.69. The van der Waals surface area contributed by atoms with Crippen molar-refractivity contribution in [3.05, 3.63) is 167 Å². The summed E-state index contributed by atoms with van der Waals surface area (Å²) in [5.74, 6) is 0.406. The second kappa shape index (κ2) is 15.2. The maximum Gasteiger partial charge on any atom is 0.149 e. The molecule has 0 saturated carbocycles. The molecule has 4 nitrogen and oxygen atoms in total. The van der Waals surface area contributed by atoms with Gasteiger partial charge in [0.15, 0.2) is 0 Å². The first-order valence-corrected chi connectivity index (χ1v) is 19.4. The zero-order valence-electron chi connectivity index (χ0n) is 46.7. The van der Waals surface area contributed by atoms with E-state index in [2.05, 4.69) is 18.8 Å². The van der Waals surface area contributed by atoms with Gasteiger partial charge in [0.25, 0.3) is 0 Å². The molecule has 0 unspecified atom stereocenters. The predicted octanol–water partition coefficient (Wildman–Crippen LogP) is 14.6. The first-order valence-electron chi connectivity index (χ1n) is 25.9. The van der Waals surface area contributed by atoms with Crippen molar-refractivity contribution in [3.8, 4) is 67.5 Å². The highest BCUT2D eigenvalue weighted by atomic mass is 16.3. The van der Waals surface area contributed by atoms with Crippen molar-refractivity contribution in [3.63, 3.8) is 0 Å². The number of benzene rings is 6. The maximum absolute atomic E-state index is 12.2. The normalized spacial score (nSPS) is 15.6. The van der Waals surface area contributed by atoms with Crippen LogP contribution in [0.2, 0.25) is 0 Å². The van der Waals surface area contributed by atoms with E-state index in [4.69, 9.17) is 21.4 Å². The Kier molecular flexibility index (Phi) is 6.80. The van der Waals surface area contributed by atoms with Gasteiger partial charge < -0.3 is 5.11 Å². The molecule has 0 saturated heterocycles. The molecule has 0 atom stereocenters. The summed E-state index contributed by atoms with van der Waals surface area (Å²) in [5.41, 5.74) is 5.31. The second-order valence-electron chi connectivity index (χ2n) is 16.4. The van der Waals surface area contributed by atoms with Gasteiger partial charge >= 0.3 is 0 Å². The number of fused-ring (bicyclic) bond motifs is 1. The highest BCUT2D eigenvalue weighted by Gasteiger charge is 2.25. The minimum atomic E-state index is -2.98. The zero-order chi connectivity index (χ0) is 52.0. The molecule has 0 radical (unpaired) electrons. The van der Waals surface area contributed by atoms with E-state index in [9.17, 15) is 6.48 Å². The molecule has 0 aliphatic rings. The van der Waals surface area contributed by atoms with Gasteiger partial charge in [-0.15, -0.1) is 0 Å². The lowest BCUT2D eigenvalue weighted by Gasteiger charge is -2.22. The van der Waals surface area contributed by atoms with E-state index in [1.165, 1.54) is 0 Å². The number of hydrogen-bond acceptors (Lipinski definition) is 3. The molecule has 2 heterocycles. The Hall–Kier alpha value is -6.26. The van der Waals surface area contributed by atoms with Crippen LogP contribution < -0.4 is 0 Å². The zero-order valence-corrected chi connectivity index (χ0v) is 33.7. The molecule has 2 aromatic heterocycles. The standard InChI is InChI=1S/C54H53N3O/c1-33(2)40-30-47(34(3)4)52(58)48(31-40)53-56-51-46(16-13-17-50(51)57(53)45-25-36(6)24-41(29-45)37-14-11-10-12-15-37)42-26-43(28-44(27-42)54(7,8)9)49-32-39(22-23-55-49)38-20-18-35(5)19-21-38/h10-34,58H,1-9H3/i5D3,6D3,18D,19D,20D,21D,22D,23D,32D. The molecule has 6 aromatic carbocycles. The molecule has 0 aliphatic heterocycles. The van der Waals surface area contributed by atoms with Gasteiger partial charge in [-0.2, -0.15) is 0 Å². The molecular weight excluding hydrogens is 707 g/mol. The summed E-state index contributed by atoms with van der Waals surface area (Å²) in [6.07, 6.45) is -0.602. The summed E-state index contributed by atoms with van der Waals surface area (Å²) in [6.45, 7) is 8.68. The third-order valence-electron chi connectivity index (χ3n) is 10.5. The lowest BCUT2D eigenvalue weighted by molar-refractivity contribution is 0.466. The van der Waals surface area contributed by atoms with Gasteiger partial charge in [-0.05, 0) is 130 Å². The lowest BCUT2D eigenvalue weighted by atomic mass is 9.83. The van der Waals surface area contributed by atoms with Crippen LogP contribution in [0.3, 0.4) is 0 Å². The molecule has 8 rings (SSSR count). The monoisotopic (exact) mass is 773 g/mol. The van der Waals surface area contributed by atoms with Gasteiger partial charge in [0.2, 0.25) is 0 Å². The van der Waals surface area contributed by atoms with Crippen molar-refractivity contribution in [2.45, 2.75) is 79.4 Å². The van der Waals surface area contributed by atoms with Gasteiger partial charge in [-0.1, -0.05) is 139 Å². The molecule has 1 N–H and O–H groups in total. The van der Waals surface area contributed by atoms with Gasteiger partial charge in [0.1, 0.15) is 11.6 Å². The Morgan fingerprint density at radius 2 is 1.41 bits per heavy atom. The van der Waals surface area contributed by atoms with E-state index in [0.717, 1.165) is 22.3 Å². The van der Waals surface area contributed by atoms with Crippen LogP contribution in [0.5, 0.6) is 5.75 Å². The molecule has 0 bridgehead atoms. The fourth-order valence-electron chi connectivity index (χ4n) is 7.31. The van der Waals surface area contributed by atoms with E-state index in [0.29, 0.717) is 50.4 Å². The minimum absolute atomic E-state index is 0.0402. The SMILES string of the molecule is [2H]c1nc(-c2cc(-c3cccc4c3nc(-c3cc(C(C)C)cc(C(C)C)c3O)n4-c3cc(-c4ccccc4)cc(C([2H])([2H])[2H])c3)cc(C(C)(C)C)c2)c([2H])c(-c2c([2H])c([2H])c(C([2H])([2H])[2H])c([2H])c2[2H])c1[2H]. The summed E-state index contributed by atoms with van der Waals surface area (Å²) in [6, 6.07) is 25.5. The summed E-state index contributed by atoms with van der Waals surface area (Å²) in [4.78, 5) is 9.80. The van der Waals surface area contributed by atoms with Crippen LogP contribution in [0.1, 0.15) is 106 Å². The fraction of sp³-hybridized carbons (Fsp3) is 0.222. The number of aryl methyl sites for hydroxylation is 1. The third-order valence-corrected chi connectivity index (χ3v) is 10.5. The van der Waals surface area contributed by atoms with Crippen molar-refractivity contribution < 1.29 is 22.9 Å². The molecular formula is C54H53N3O. The van der Waals surface area contributed by atoms with Crippen LogP contribution in [-0.2, 0) is 5.41 Å². The van der Waals surface area contributed by atoms with Gasteiger partial charge in [0, 0.05) is 31.2 Å². The van der Waals surface area contributed by atoms with Gasteiger partial charge in [-0.3, -0.25) is 9.55 Å². The number of imidazole rings is 1. The Morgan fingerprint density at radius 3 is 2.12 bits per heavy atom. The van der Waals surface area contributed by atoms with E-state index in [1.807, 2.05) is 118 Å². The Morgan fingerprint density at radius 1 is 0.655 bits per heavy atom. The summed E-state index contributed by atoms with van der Waals surface area (Å²) >= 11 is 0. The number of hydrogen-bond donors (Lipinski definition) is 1. The highest BCUT2D eigenvalue weighted by molar-refractivity contribution is 5.97. The van der Waals surface area contributed by atoms with E-state index < -0.39 is 78.2 Å². The molecule has 0 amide bonds. The number of nitrogens with zero attached hydrogens (tertiary/aromatic N) is 3. The van der Waals surface area contributed by atoms with Crippen molar-refractivity contribution in [2.24, 2.45) is 0 Å². The van der Waals surface area contributed by atoms with Gasteiger partial charge in [0.05, 0.1) is 31.9 Å². The third kappa shape index (κ3) is 7.47. The highest BCUT2D eigenvalue weighted by Crippen LogP contribution is 2.43. The molecule has 4 heteroatoms. The number of aromatic hydroxyl groups is 1. The topological polar surface area (TPSA) is 50.9 Å². The van der Waals surface area contributed by atoms with E-state index >= 15 is 0 Å².